The highest BCUT2D eigenvalue weighted by Crippen LogP contribution is 2.37. The van der Waals surface area contributed by atoms with E-state index in [0.29, 0.717) is 5.92 Å². The molecular formula is C19H20N+. The van der Waals surface area contributed by atoms with Crippen molar-refractivity contribution in [1.82, 2.24) is 0 Å². The van der Waals surface area contributed by atoms with Crippen LogP contribution >= 0.6 is 0 Å². The van der Waals surface area contributed by atoms with Gasteiger partial charge in [-0.05, 0) is 23.3 Å². The van der Waals surface area contributed by atoms with E-state index in [0.717, 1.165) is 12.5 Å². The van der Waals surface area contributed by atoms with Crippen molar-refractivity contribution in [2.24, 2.45) is 5.92 Å². The molecule has 2 atom stereocenters. The van der Waals surface area contributed by atoms with Gasteiger partial charge < -0.3 is 0 Å². The van der Waals surface area contributed by atoms with Gasteiger partial charge >= 0.3 is 0 Å². The fraction of sp³-hybridized carbons (Fsp3) is 0.316. The lowest BCUT2D eigenvalue weighted by Gasteiger charge is -2.10. The Balaban J connectivity index is 2.11. The Morgan fingerprint density at radius 2 is 1.85 bits per heavy atom. The predicted molar refractivity (Wildman–Crippen MR) is 83.8 cm³/mol. The normalized spacial score (nSPS) is 21.5. The molecule has 3 aromatic rings. The number of pyridine rings is 1. The van der Waals surface area contributed by atoms with Gasteiger partial charge in [-0.1, -0.05) is 44.2 Å². The molecule has 0 spiro atoms. The summed E-state index contributed by atoms with van der Waals surface area (Å²) in [6.07, 6.45) is 3.52. The zero-order valence-corrected chi connectivity index (χ0v) is 12.1. The van der Waals surface area contributed by atoms with Crippen LogP contribution in [0.1, 0.15) is 31.9 Å². The number of hydrogen-bond donors (Lipinski definition) is 0. The van der Waals surface area contributed by atoms with Crippen molar-refractivity contribution in [2.75, 3.05) is 0 Å². The lowest BCUT2D eigenvalue weighted by molar-refractivity contribution is -0.693. The third-order valence-corrected chi connectivity index (χ3v) is 4.94. The molecule has 0 bridgehead atoms. The Labute approximate surface area is 119 Å². The maximum absolute atomic E-state index is 2.47. The lowest BCUT2D eigenvalue weighted by atomic mass is 9.89. The fourth-order valence-electron chi connectivity index (χ4n) is 3.97. The molecule has 2 heterocycles. The number of fused-ring (bicyclic) bond motifs is 5. The van der Waals surface area contributed by atoms with Crippen molar-refractivity contribution in [3.8, 4) is 0 Å². The summed E-state index contributed by atoms with van der Waals surface area (Å²) in [7, 11) is 0. The Morgan fingerprint density at radius 3 is 2.70 bits per heavy atom. The number of nitrogens with zero attached hydrogens (tertiary/aromatic N) is 1. The Kier molecular flexibility index (Phi) is 2.56. The van der Waals surface area contributed by atoms with Gasteiger partial charge in [-0.3, -0.25) is 0 Å². The fourth-order valence-corrected chi connectivity index (χ4v) is 3.97. The van der Waals surface area contributed by atoms with Crippen LogP contribution in [-0.2, 0) is 6.54 Å². The molecule has 1 heteroatoms. The second kappa shape index (κ2) is 4.31. The third-order valence-electron chi connectivity index (χ3n) is 4.94. The van der Waals surface area contributed by atoms with Gasteiger partial charge in [0.25, 0.3) is 0 Å². The number of rotatable bonds is 1. The Bertz CT molecular complexity index is 803. The minimum absolute atomic E-state index is 0.694. The highest BCUT2D eigenvalue weighted by atomic mass is 15.0. The summed E-state index contributed by atoms with van der Waals surface area (Å²) in [6, 6.07) is 15.6. The van der Waals surface area contributed by atoms with Crippen molar-refractivity contribution in [3.63, 3.8) is 0 Å². The van der Waals surface area contributed by atoms with Gasteiger partial charge in [-0.15, -0.1) is 0 Å². The van der Waals surface area contributed by atoms with Crippen molar-refractivity contribution < 1.29 is 4.57 Å². The van der Waals surface area contributed by atoms with Gasteiger partial charge in [0.05, 0.1) is 5.92 Å². The molecule has 0 amide bonds. The highest BCUT2D eigenvalue weighted by molar-refractivity contribution is 6.07. The molecule has 0 saturated carbocycles. The molecule has 1 nitrogen and oxygen atoms in total. The molecular weight excluding hydrogens is 242 g/mol. The minimum atomic E-state index is 0.694. The molecule has 0 N–H and O–H groups in total. The largest absolute Gasteiger partial charge is 0.201 e. The molecule has 1 aromatic heterocycles. The SMILES string of the molecule is CCC1c2c3ccc4ccccc4c3cc[n+]2CC1C. The smallest absolute Gasteiger partial charge is 0.192 e. The van der Waals surface area contributed by atoms with E-state index < -0.39 is 0 Å². The van der Waals surface area contributed by atoms with Crippen LogP contribution in [0.15, 0.2) is 48.7 Å². The standard InChI is InChI=1S/C19H20N/c1-3-15-13(2)12-20-11-10-17-16-7-5-4-6-14(16)8-9-18(17)19(15)20/h4-11,13,15H,3,12H2,1-2H3/q+1. The summed E-state index contributed by atoms with van der Waals surface area (Å²) in [5.41, 5.74) is 1.54. The van der Waals surface area contributed by atoms with E-state index in [-0.39, 0.29) is 0 Å². The van der Waals surface area contributed by atoms with Gasteiger partial charge in [0.15, 0.2) is 18.4 Å². The Hall–Kier alpha value is -1.89. The lowest BCUT2D eigenvalue weighted by Crippen LogP contribution is -2.33. The molecule has 100 valence electrons. The number of aromatic nitrogens is 1. The maximum atomic E-state index is 2.47. The van der Waals surface area contributed by atoms with Crippen LogP contribution in [0, 0.1) is 5.92 Å². The average molecular weight is 262 g/mol. The van der Waals surface area contributed by atoms with Crippen LogP contribution in [-0.4, -0.2) is 0 Å². The summed E-state index contributed by atoms with van der Waals surface area (Å²) >= 11 is 0. The van der Waals surface area contributed by atoms with Crippen molar-refractivity contribution >= 4 is 21.5 Å². The van der Waals surface area contributed by atoms with Gasteiger partial charge in [-0.25, -0.2) is 4.57 Å². The average Bonchev–Trinajstić information content (AvgIpc) is 2.82. The molecule has 2 aromatic carbocycles. The predicted octanol–water partition coefficient (Wildman–Crippen LogP) is 4.42. The summed E-state index contributed by atoms with van der Waals surface area (Å²) in [4.78, 5) is 0. The first-order valence-corrected chi connectivity index (χ1v) is 7.63. The first-order chi connectivity index (χ1) is 9.79. The summed E-state index contributed by atoms with van der Waals surface area (Å²) in [5.74, 6) is 1.44. The summed E-state index contributed by atoms with van der Waals surface area (Å²) in [5, 5.41) is 5.57. The van der Waals surface area contributed by atoms with Gasteiger partial charge in [0.1, 0.15) is 0 Å². The van der Waals surface area contributed by atoms with Crippen LogP contribution in [0.3, 0.4) is 0 Å². The minimum Gasteiger partial charge on any atom is -0.201 e. The van der Waals surface area contributed by atoms with Crippen LogP contribution in [0.5, 0.6) is 0 Å². The van der Waals surface area contributed by atoms with E-state index in [4.69, 9.17) is 0 Å². The van der Waals surface area contributed by atoms with E-state index in [1.807, 2.05) is 0 Å². The molecule has 0 saturated heterocycles. The van der Waals surface area contributed by atoms with E-state index >= 15 is 0 Å². The molecule has 4 rings (SSSR count). The van der Waals surface area contributed by atoms with Crippen molar-refractivity contribution in [2.45, 2.75) is 32.7 Å². The second-order valence-corrected chi connectivity index (χ2v) is 6.09. The van der Waals surface area contributed by atoms with E-state index in [1.54, 1.807) is 5.69 Å². The van der Waals surface area contributed by atoms with Gasteiger partial charge in [0.2, 0.25) is 0 Å². The number of benzene rings is 2. The zero-order valence-electron chi connectivity index (χ0n) is 12.1. The monoisotopic (exact) mass is 262 g/mol. The third kappa shape index (κ3) is 1.53. The van der Waals surface area contributed by atoms with E-state index in [1.165, 1.54) is 28.0 Å². The highest BCUT2D eigenvalue weighted by Gasteiger charge is 2.37. The molecule has 0 fully saturated rings. The zero-order chi connectivity index (χ0) is 13.7. The molecule has 20 heavy (non-hydrogen) atoms. The summed E-state index contributed by atoms with van der Waals surface area (Å²) < 4.78 is 2.47. The van der Waals surface area contributed by atoms with Crippen LogP contribution in [0.2, 0.25) is 0 Å². The molecule has 0 radical (unpaired) electrons. The van der Waals surface area contributed by atoms with Crippen LogP contribution < -0.4 is 4.57 Å². The topological polar surface area (TPSA) is 3.88 Å². The summed E-state index contributed by atoms with van der Waals surface area (Å²) in [6.45, 7) is 5.86. The van der Waals surface area contributed by atoms with E-state index in [2.05, 4.69) is 67.1 Å². The Morgan fingerprint density at radius 1 is 1.00 bits per heavy atom. The number of hydrogen-bond acceptors (Lipinski definition) is 0. The van der Waals surface area contributed by atoms with Crippen molar-refractivity contribution in [3.05, 3.63) is 54.4 Å². The first-order valence-electron chi connectivity index (χ1n) is 7.63. The molecule has 2 unspecified atom stereocenters. The van der Waals surface area contributed by atoms with Crippen LogP contribution in [0.25, 0.3) is 21.5 Å². The molecule has 0 aliphatic carbocycles. The molecule has 1 aliphatic rings. The van der Waals surface area contributed by atoms with Crippen molar-refractivity contribution in [1.29, 1.82) is 0 Å². The maximum Gasteiger partial charge on any atom is 0.192 e. The second-order valence-electron chi connectivity index (χ2n) is 6.09. The quantitative estimate of drug-likeness (QED) is 0.451. The van der Waals surface area contributed by atoms with Gasteiger partial charge in [0, 0.05) is 22.8 Å². The van der Waals surface area contributed by atoms with Crippen LogP contribution in [0.4, 0.5) is 0 Å². The molecule has 1 aliphatic heterocycles. The van der Waals surface area contributed by atoms with Gasteiger partial charge in [-0.2, -0.15) is 0 Å². The first kappa shape index (κ1) is 11.9. The van der Waals surface area contributed by atoms with E-state index in [9.17, 15) is 0 Å².